The van der Waals surface area contributed by atoms with Crippen LogP contribution in [0.15, 0.2) is 4.99 Å². The van der Waals surface area contributed by atoms with Crippen LogP contribution in [0.3, 0.4) is 0 Å². The van der Waals surface area contributed by atoms with Crippen LogP contribution >= 0.6 is 11.8 Å². The van der Waals surface area contributed by atoms with Gasteiger partial charge in [0.1, 0.15) is 6.54 Å². The Morgan fingerprint density at radius 2 is 2.31 bits per heavy atom. The summed E-state index contributed by atoms with van der Waals surface area (Å²) in [4.78, 5) is 17.9. The summed E-state index contributed by atoms with van der Waals surface area (Å²) in [7, 11) is 3.50. The number of hydrogen-bond donors (Lipinski definition) is 2. The van der Waals surface area contributed by atoms with Crippen LogP contribution < -0.4 is 10.6 Å². The largest absolute Gasteiger partial charge is 0.382 e. The van der Waals surface area contributed by atoms with Gasteiger partial charge in [0.15, 0.2) is 5.96 Å². The van der Waals surface area contributed by atoms with Gasteiger partial charge in [-0.25, -0.2) is 4.99 Å². The smallest absolute Gasteiger partial charge is 0.243 e. The predicted octanol–water partition coefficient (Wildman–Crippen LogP) is 1.09. The van der Waals surface area contributed by atoms with Crippen LogP contribution in [-0.4, -0.2) is 86.9 Å². The summed E-state index contributed by atoms with van der Waals surface area (Å²) in [6.45, 7) is 5.16. The lowest BCUT2D eigenvalue weighted by Gasteiger charge is -2.38. The summed E-state index contributed by atoms with van der Waals surface area (Å²) >= 11 is 1.98. The molecule has 0 radical (unpaired) electrons. The third-order valence-corrected chi connectivity index (χ3v) is 5.96. The highest BCUT2D eigenvalue weighted by atomic mass is 32.2. The van der Waals surface area contributed by atoms with Gasteiger partial charge in [0.2, 0.25) is 5.91 Å². The number of likely N-dealkylation sites (N-methyl/N-ethyl adjacent to an activating group) is 1. The molecule has 2 rings (SSSR count). The number of nitrogens with one attached hydrogen (secondary N) is 2. The number of ether oxygens (including phenoxy) is 2. The van der Waals surface area contributed by atoms with E-state index in [0.29, 0.717) is 12.0 Å². The van der Waals surface area contributed by atoms with E-state index >= 15 is 0 Å². The average molecular weight is 387 g/mol. The lowest BCUT2D eigenvalue weighted by Crippen LogP contribution is -2.52. The first-order valence-corrected chi connectivity index (χ1v) is 10.7. The van der Waals surface area contributed by atoms with Crippen molar-refractivity contribution in [1.29, 1.82) is 0 Å². The van der Waals surface area contributed by atoms with Gasteiger partial charge in [0.05, 0.1) is 5.60 Å². The number of rotatable bonds is 8. The molecular formula is C18H34N4O3S. The summed E-state index contributed by atoms with van der Waals surface area (Å²) in [6, 6.07) is 0.329. The van der Waals surface area contributed by atoms with E-state index in [1.54, 1.807) is 19.0 Å². The standard InChI is InChI=1S/C18H34N4O3S/c1-4-24-9-5-8-19-17(20-13-16(23)22(2)3)21-15-6-10-25-18(12-15)7-11-26-14-18/h15H,4-14H2,1-3H3,(H2,19,20,21). The van der Waals surface area contributed by atoms with Crippen molar-refractivity contribution >= 4 is 23.6 Å². The topological polar surface area (TPSA) is 75.2 Å². The zero-order valence-electron chi connectivity index (χ0n) is 16.4. The van der Waals surface area contributed by atoms with E-state index in [1.807, 2.05) is 18.7 Å². The number of hydrogen-bond acceptors (Lipinski definition) is 5. The number of aliphatic imine (C=N–C) groups is 1. The molecule has 8 heteroatoms. The van der Waals surface area contributed by atoms with Gasteiger partial charge in [-0.1, -0.05) is 0 Å². The second-order valence-electron chi connectivity index (χ2n) is 7.10. The van der Waals surface area contributed by atoms with E-state index in [4.69, 9.17) is 9.47 Å². The summed E-state index contributed by atoms with van der Waals surface area (Å²) in [5.74, 6) is 2.97. The number of guanidine groups is 1. The molecule has 0 aromatic heterocycles. The lowest BCUT2D eigenvalue weighted by molar-refractivity contribution is -0.127. The van der Waals surface area contributed by atoms with Crippen LogP contribution in [0, 0.1) is 0 Å². The van der Waals surface area contributed by atoms with E-state index in [-0.39, 0.29) is 18.1 Å². The van der Waals surface area contributed by atoms with Gasteiger partial charge in [-0.2, -0.15) is 11.8 Å². The molecule has 2 N–H and O–H groups in total. The molecule has 2 aliphatic heterocycles. The quantitative estimate of drug-likeness (QED) is 0.370. The van der Waals surface area contributed by atoms with E-state index < -0.39 is 0 Å². The first kappa shape index (κ1) is 21.3. The Morgan fingerprint density at radius 1 is 1.46 bits per heavy atom. The van der Waals surface area contributed by atoms with Crippen molar-refractivity contribution in [2.24, 2.45) is 4.99 Å². The number of thioether (sulfide) groups is 1. The molecule has 1 spiro atoms. The van der Waals surface area contributed by atoms with Crippen LogP contribution in [0.2, 0.25) is 0 Å². The molecule has 0 saturated carbocycles. The molecule has 0 aromatic carbocycles. The van der Waals surface area contributed by atoms with Crippen LogP contribution in [0.1, 0.15) is 32.6 Å². The summed E-state index contributed by atoms with van der Waals surface area (Å²) in [5.41, 5.74) is 0.0279. The summed E-state index contributed by atoms with van der Waals surface area (Å²) in [6.07, 6.45) is 4.00. The number of carbonyl (C=O) groups excluding carboxylic acids is 1. The van der Waals surface area contributed by atoms with Crippen molar-refractivity contribution in [1.82, 2.24) is 15.5 Å². The maximum Gasteiger partial charge on any atom is 0.243 e. The molecule has 0 aliphatic carbocycles. The molecule has 26 heavy (non-hydrogen) atoms. The Hall–Kier alpha value is -0.990. The SMILES string of the molecule is CCOCCCNC(=NCC(=O)N(C)C)NC1CCOC2(CCSC2)C1. The Balaban J connectivity index is 1.89. The predicted molar refractivity (Wildman–Crippen MR) is 107 cm³/mol. The monoisotopic (exact) mass is 386 g/mol. The Morgan fingerprint density at radius 3 is 3.00 bits per heavy atom. The van der Waals surface area contributed by atoms with Crippen molar-refractivity contribution in [2.45, 2.75) is 44.2 Å². The van der Waals surface area contributed by atoms with E-state index in [9.17, 15) is 4.79 Å². The Labute approximate surface area is 161 Å². The van der Waals surface area contributed by atoms with Gasteiger partial charge in [0.25, 0.3) is 0 Å². The fourth-order valence-electron chi connectivity index (χ4n) is 3.17. The molecular weight excluding hydrogens is 352 g/mol. The van der Waals surface area contributed by atoms with E-state index in [0.717, 1.165) is 57.8 Å². The first-order valence-electron chi connectivity index (χ1n) is 9.59. The molecule has 2 aliphatic rings. The molecule has 2 saturated heterocycles. The Kier molecular flexibility index (Phi) is 9.01. The number of carbonyl (C=O) groups is 1. The van der Waals surface area contributed by atoms with E-state index in [2.05, 4.69) is 15.6 Å². The lowest BCUT2D eigenvalue weighted by atomic mass is 9.90. The van der Waals surface area contributed by atoms with Crippen molar-refractivity contribution in [3.8, 4) is 0 Å². The average Bonchev–Trinajstić information content (AvgIpc) is 3.06. The van der Waals surface area contributed by atoms with Crippen molar-refractivity contribution in [3.05, 3.63) is 0 Å². The van der Waals surface area contributed by atoms with Gasteiger partial charge in [-0.3, -0.25) is 4.79 Å². The summed E-state index contributed by atoms with van der Waals surface area (Å²) < 4.78 is 11.5. The van der Waals surface area contributed by atoms with Crippen molar-refractivity contribution in [2.75, 3.05) is 58.5 Å². The number of nitrogens with zero attached hydrogens (tertiary/aromatic N) is 2. The fraction of sp³-hybridized carbons (Fsp3) is 0.889. The minimum atomic E-state index is -0.00365. The highest BCUT2D eigenvalue weighted by Crippen LogP contribution is 2.38. The second-order valence-corrected chi connectivity index (χ2v) is 8.20. The first-order chi connectivity index (χ1) is 12.5. The highest BCUT2D eigenvalue weighted by molar-refractivity contribution is 7.99. The number of amides is 1. The van der Waals surface area contributed by atoms with E-state index in [1.165, 1.54) is 5.75 Å². The van der Waals surface area contributed by atoms with Gasteiger partial charge in [-0.05, 0) is 38.4 Å². The van der Waals surface area contributed by atoms with Gasteiger partial charge >= 0.3 is 0 Å². The van der Waals surface area contributed by atoms with Gasteiger partial charge in [0, 0.05) is 52.3 Å². The van der Waals surface area contributed by atoms with Crippen LogP contribution in [0.5, 0.6) is 0 Å². The highest BCUT2D eigenvalue weighted by Gasteiger charge is 2.40. The van der Waals surface area contributed by atoms with Crippen molar-refractivity contribution in [3.63, 3.8) is 0 Å². The fourth-order valence-corrected chi connectivity index (χ4v) is 4.55. The maximum absolute atomic E-state index is 11.9. The second kappa shape index (κ2) is 11.0. The van der Waals surface area contributed by atoms with Gasteiger partial charge < -0.3 is 25.0 Å². The molecule has 2 fully saturated rings. The minimum absolute atomic E-state index is 0.00365. The zero-order chi connectivity index (χ0) is 18.8. The molecule has 150 valence electrons. The molecule has 0 bridgehead atoms. The van der Waals surface area contributed by atoms with Crippen LogP contribution in [0.4, 0.5) is 0 Å². The third kappa shape index (κ3) is 6.96. The van der Waals surface area contributed by atoms with Gasteiger partial charge in [-0.15, -0.1) is 0 Å². The minimum Gasteiger partial charge on any atom is -0.382 e. The summed E-state index contributed by atoms with van der Waals surface area (Å²) in [5, 5.41) is 6.87. The Bertz CT molecular complexity index is 467. The molecule has 2 atom stereocenters. The third-order valence-electron chi connectivity index (χ3n) is 4.73. The zero-order valence-corrected chi connectivity index (χ0v) is 17.2. The van der Waals surface area contributed by atoms with Crippen molar-refractivity contribution < 1.29 is 14.3 Å². The molecule has 1 amide bonds. The normalized spacial score (nSPS) is 26.1. The van der Waals surface area contributed by atoms with Crippen LogP contribution in [-0.2, 0) is 14.3 Å². The molecule has 7 nitrogen and oxygen atoms in total. The molecule has 2 unspecified atom stereocenters. The van der Waals surface area contributed by atoms with Crippen LogP contribution in [0.25, 0.3) is 0 Å². The maximum atomic E-state index is 11.9. The molecule has 2 heterocycles. The molecule has 0 aromatic rings.